The number of benzene rings is 2. The molecule has 1 saturated heterocycles. The van der Waals surface area contributed by atoms with Crippen molar-refractivity contribution in [2.75, 3.05) is 13.1 Å². The molecule has 0 amide bonds. The first kappa shape index (κ1) is 17.1. The second-order valence-corrected chi connectivity index (χ2v) is 8.08. The number of hydrogen-bond acceptors (Lipinski definition) is 2. The van der Waals surface area contributed by atoms with Gasteiger partial charge in [0.15, 0.2) is 0 Å². The van der Waals surface area contributed by atoms with Crippen LogP contribution in [0.15, 0.2) is 42.5 Å². The number of aliphatic hydroxyl groups excluding tert-OH is 1. The molecule has 0 bridgehead atoms. The van der Waals surface area contributed by atoms with Gasteiger partial charge in [0, 0.05) is 19.1 Å². The molecule has 2 aliphatic rings. The molecule has 3 atom stereocenters. The van der Waals surface area contributed by atoms with Crippen LogP contribution in [-0.4, -0.2) is 35.2 Å². The molecule has 1 heterocycles. The molecule has 134 valence electrons. The zero-order chi connectivity index (χ0) is 17.1. The number of likely N-dealkylation sites (tertiary alicyclic amines) is 1. The summed E-state index contributed by atoms with van der Waals surface area (Å²) in [5, 5.41) is 12.7. The highest BCUT2D eigenvalue weighted by molar-refractivity contribution is 5.85. The first-order chi connectivity index (χ1) is 12.3. The van der Waals surface area contributed by atoms with E-state index in [4.69, 9.17) is 0 Å². The SMILES string of the molecule is OC1CCN(C2CCCCC2CCCc2cccc3ccccc23)C1. The van der Waals surface area contributed by atoms with Gasteiger partial charge in [-0.2, -0.15) is 0 Å². The fourth-order valence-corrected chi connectivity index (χ4v) is 5.14. The molecule has 1 aliphatic carbocycles. The molecule has 3 unspecified atom stereocenters. The molecule has 2 heteroatoms. The van der Waals surface area contributed by atoms with Crippen molar-refractivity contribution in [3.05, 3.63) is 48.0 Å². The highest BCUT2D eigenvalue weighted by Crippen LogP contribution is 2.34. The Morgan fingerprint density at radius 1 is 0.960 bits per heavy atom. The topological polar surface area (TPSA) is 23.5 Å². The van der Waals surface area contributed by atoms with Gasteiger partial charge in [0.05, 0.1) is 6.10 Å². The minimum atomic E-state index is -0.0849. The average molecular weight is 338 g/mol. The number of aryl methyl sites for hydroxylation is 1. The number of β-amino-alcohol motifs (C(OH)–C–C–N with tert-alkyl or cyclic N) is 1. The monoisotopic (exact) mass is 337 g/mol. The van der Waals surface area contributed by atoms with Crippen LogP contribution in [0, 0.1) is 5.92 Å². The molecular formula is C23H31NO. The normalized spacial score (nSPS) is 27.8. The molecule has 25 heavy (non-hydrogen) atoms. The average Bonchev–Trinajstić information content (AvgIpc) is 3.08. The Bertz CT molecular complexity index is 692. The van der Waals surface area contributed by atoms with E-state index in [1.165, 1.54) is 61.3 Å². The lowest BCUT2D eigenvalue weighted by Crippen LogP contribution is -2.41. The third kappa shape index (κ3) is 3.91. The summed E-state index contributed by atoms with van der Waals surface area (Å²) in [6.45, 7) is 2.01. The van der Waals surface area contributed by atoms with Crippen molar-refractivity contribution >= 4 is 10.8 Å². The lowest BCUT2D eigenvalue weighted by Gasteiger charge is -2.38. The summed E-state index contributed by atoms with van der Waals surface area (Å²) in [7, 11) is 0. The maximum Gasteiger partial charge on any atom is 0.0679 e. The largest absolute Gasteiger partial charge is 0.392 e. The number of aliphatic hydroxyl groups is 1. The van der Waals surface area contributed by atoms with Crippen molar-refractivity contribution in [2.45, 2.75) is 63.5 Å². The van der Waals surface area contributed by atoms with Crippen LogP contribution in [-0.2, 0) is 6.42 Å². The molecule has 1 aliphatic heterocycles. The van der Waals surface area contributed by atoms with Crippen LogP contribution >= 0.6 is 0 Å². The van der Waals surface area contributed by atoms with Crippen LogP contribution in [0.5, 0.6) is 0 Å². The van der Waals surface area contributed by atoms with E-state index in [0.717, 1.165) is 31.5 Å². The van der Waals surface area contributed by atoms with E-state index >= 15 is 0 Å². The van der Waals surface area contributed by atoms with Gasteiger partial charge in [-0.15, -0.1) is 0 Å². The van der Waals surface area contributed by atoms with Gasteiger partial charge < -0.3 is 5.11 Å². The standard InChI is InChI=1S/C23H31NO/c25-21-15-16-24(17-21)23-14-4-2-8-20(23)12-6-11-19-10-5-9-18-7-1-3-13-22(18)19/h1,3,5,7,9-10,13,20-21,23,25H,2,4,6,8,11-12,14-17H2. The second kappa shape index (κ2) is 7.88. The van der Waals surface area contributed by atoms with Crippen molar-refractivity contribution in [3.63, 3.8) is 0 Å². The Morgan fingerprint density at radius 2 is 1.80 bits per heavy atom. The summed E-state index contributed by atoms with van der Waals surface area (Å²) >= 11 is 0. The Morgan fingerprint density at radius 3 is 2.68 bits per heavy atom. The van der Waals surface area contributed by atoms with Gasteiger partial charge in [0.25, 0.3) is 0 Å². The van der Waals surface area contributed by atoms with Crippen LogP contribution in [0.25, 0.3) is 10.8 Å². The summed E-state index contributed by atoms with van der Waals surface area (Å²) in [6, 6.07) is 16.2. The molecule has 1 N–H and O–H groups in total. The highest BCUT2D eigenvalue weighted by atomic mass is 16.3. The van der Waals surface area contributed by atoms with Gasteiger partial charge in [-0.05, 0) is 60.8 Å². The van der Waals surface area contributed by atoms with Crippen LogP contribution in [0.3, 0.4) is 0 Å². The lowest BCUT2D eigenvalue weighted by molar-refractivity contribution is 0.100. The van der Waals surface area contributed by atoms with Crippen LogP contribution in [0.4, 0.5) is 0 Å². The summed E-state index contributed by atoms with van der Waals surface area (Å²) in [4.78, 5) is 2.59. The van der Waals surface area contributed by atoms with Crippen molar-refractivity contribution in [1.82, 2.24) is 4.90 Å². The van der Waals surface area contributed by atoms with E-state index in [9.17, 15) is 5.11 Å². The minimum Gasteiger partial charge on any atom is -0.392 e. The fraction of sp³-hybridized carbons (Fsp3) is 0.565. The number of fused-ring (bicyclic) bond motifs is 1. The summed E-state index contributed by atoms with van der Waals surface area (Å²) in [6.07, 6.45) is 10.2. The van der Waals surface area contributed by atoms with E-state index in [2.05, 4.69) is 47.4 Å². The van der Waals surface area contributed by atoms with E-state index in [0.29, 0.717) is 0 Å². The fourth-order valence-electron chi connectivity index (χ4n) is 5.14. The molecule has 1 saturated carbocycles. The van der Waals surface area contributed by atoms with Gasteiger partial charge in [0.1, 0.15) is 0 Å². The molecular weight excluding hydrogens is 306 g/mol. The summed E-state index contributed by atoms with van der Waals surface area (Å²) in [5.74, 6) is 0.828. The molecule has 4 rings (SSSR count). The summed E-state index contributed by atoms with van der Waals surface area (Å²) in [5.41, 5.74) is 1.50. The Hall–Kier alpha value is -1.38. The van der Waals surface area contributed by atoms with E-state index in [-0.39, 0.29) is 6.10 Å². The van der Waals surface area contributed by atoms with Gasteiger partial charge in [-0.3, -0.25) is 4.90 Å². The zero-order valence-electron chi connectivity index (χ0n) is 15.2. The van der Waals surface area contributed by atoms with Crippen LogP contribution < -0.4 is 0 Å². The van der Waals surface area contributed by atoms with E-state index in [1.807, 2.05) is 0 Å². The van der Waals surface area contributed by atoms with Gasteiger partial charge >= 0.3 is 0 Å². The van der Waals surface area contributed by atoms with E-state index in [1.54, 1.807) is 0 Å². The smallest absolute Gasteiger partial charge is 0.0679 e. The molecule has 0 spiro atoms. The lowest BCUT2D eigenvalue weighted by atomic mass is 9.80. The number of rotatable bonds is 5. The maximum atomic E-state index is 9.90. The predicted octanol–water partition coefficient (Wildman–Crippen LogP) is 4.79. The quantitative estimate of drug-likeness (QED) is 0.848. The molecule has 2 aromatic rings. The van der Waals surface area contributed by atoms with Crippen LogP contribution in [0.1, 0.15) is 50.5 Å². The molecule has 0 radical (unpaired) electrons. The maximum absolute atomic E-state index is 9.90. The van der Waals surface area contributed by atoms with Gasteiger partial charge in [-0.1, -0.05) is 55.3 Å². The molecule has 2 aromatic carbocycles. The van der Waals surface area contributed by atoms with Crippen LogP contribution in [0.2, 0.25) is 0 Å². The minimum absolute atomic E-state index is 0.0849. The Labute approximate surface area is 151 Å². The molecule has 2 fully saturated rings. The predicted molar refractivity (Wildman–Crippen MR) is 105 cm³/mol. The van der Waals surface area contributed by atoms with E-state index < -0.39 is 0 Å². The summed E-state index contributed by atoms with van der Waals surface area (Å²) < 4.78 is 0. The van der Waals surface area contributed by atoms with Gasteiger partial charge in [-0.25, -0.2) is 0 Å². The molecule has 2 nitrogen and oxygen atoms in total. The van der Waals surface area contributed by atoms with Crippen molar-refractivity contribution in [1.29, 1.82) is 0 Å². The van der Waals surface area contributed by atoms with Crippen molar-refractivity contribution < 1.29 is 5.11 Å². The Balaban J connectivity index is 1.38. The third-order valence-corrected chi connectivity index (χ3v) is 6.43. The van der Waals surface area contributed by atoms with Gasteiger partial charge in [0.2, 0.25) is 0 Å². The Kier molecular flexibility index (Phi) is 5.38. The number of nitrogens with zero attached hydrogens (tertiary/aromatic N) is 1. The first-order valence-electron chi connectivity index (χ1n) is 10.2. The number of hydrogen-bond donors (Lipinski definition) is 1. The zero-order valence-corrected chi connectivity index (χ0v) is 15.2. The van der Waals surface area contributed by atoms with Crippen molar-refractivity contribution in [2.24, 2.45) is 5.92 Å². The first-order valence-corrected chi connectivity index (χ1v) is 10.2. The second-order valence-electron chi connectivity index (χ2n) is 8.08. The third-order valence-electron chi connectivity index (χ3n) is 6.43. The van der Waals surface area contributed by atoms with Crippen molar-refractivity contribution in [3.8, 4) is 0 Å². The highest BCUT2D eigenvalue weighted by Gasteiger charge is 2.33. The molecule has 0 aromatic heterocycles.